The lowest BCUT2D eigenvalue weighted by Gasteiger charge is -2.04. The molecule has 3 aromatic rings. The van der Waals surface area contributed by atoms with Crippen molar-refractivity contribution in [2.24, 2.45) is 0 Å². The van der Waals surface area contributed by atoms with Crippen LogP contribution in [0.15, 0.2) is 36.4 Å². The van der Waals surface area contributed by atoms with Crippen molar-refractivity contribution in [2.75, 3.05) is 5.32 Å². The molecule has 19 heavy (non-hydrogen) atoms. The van der Waals surface area contributed by atoms with E-state index in [4.69, 9.17) is 0 Å². The largest absolute Gasteiger partial charge is 0.329 e. The minimum Gasteiger partial charge on any atom is -0.329 e. The summed E-state index contributed by atoms with van der Waals surface area (Å²) in [5, 5.41) is 3.76. The number of aryl methyl sites for hydroxylation is 2. The number of aromatic nitrogens is 1. The zero-order valence-electron chi connectivity index (χ0n) is 10.7. The fourth-order valence-corrected chi connectivity index (χ4v) is 2.93. The van der Waals surface area contributed by atoms with Crippen molar-refractivity contribution in [3.05, 3.63) is 53.3 Å². The maximum absolute atomic E-state index is 13.8. The van der Waals surface area contributed by atoms with Crippen LogP contribution in [0.5, 0.6) is 0 Å². The number of hydrogen-bond donors (Lipinski definition) is 1. The summed E-state index contributed by atoms with van der Waals surface area (Å²) in [7, 11) is 0. The SMILES string of the molecule is Cc1ccc(Nc2nc3c(C)cccc3s2)c(F)c1. The first-order valence-corrected chi connectivity index (χ1v) is 6.84. The summed E-state index contributed by atoms with van der Waals surface area (Å²) in [4.78, 5) is 4.51. The van der Waals surface area contributed by atoms with Crippen LogP contribution in [-0.4, -0.2) is 4.98 Å². The molecule has 0 radical (unpaired) electrons. The molecule has 0 unspecified atom stereocenters. The molecular formula is C15H13FN2S. The lowest BCUT2D eigenvalue weighted by atomic mass is 10.2. The number of hydrogen-bond acceptors (Lipinski definition) is 3. The summed E-state index contributed by atoms with van der Waals surface area (Å²) in [6.45, 7) is 3.90. The van der Waals surface area contributed by atoms with Gasteiger partial charge in [0.2, 0.25) is 0 Å². The van der Waals surface area contributed by atoms with Gasteiger partial charge in [-0.15, -0.1) is 0 Å². The average Bonchev–Trinajstić information content (AvgIpc) is 2.77. The predicted molar refractivity (Wildman–Crippen MR) is 78.8 cm³/mol. The summed E-state index contributed by atoms with van der Waals surface area (Å²) in [6.07, 6.45) is 0. The molecule has 0 bridgehead atoms. The van der Waals surface area contributed by atoms with Crippen LogP contribution in [0.1, 0.15) is 11.1 Å². The monoisotopic (exact) mass is 272 g/mol. The van der Waals surface area contributed by atoms with Crippen molar-refractivity contribution in [3.8, 4) is 0 Å². The Morgan fingerprint density at radius 2 is 2.00 bits per heavy atom. The second-order valence-corrected chi connectivity index (χ2v) is 5.58. The van der Waals surface area contributed by atoms with Gasteiger partial charge >= 0.3 is 0 Å². The maximum atomic E-state index is 13.8. The molecule has 0 spiro atoms. The zero-order chi connectivity index (χ0) is 13.4. The summed E-state index contributed by atoms with van der Waals surface area (Å²) in [6, 6.07) is 11.2. The average molecular weight is 272 g/mol. The Morgan fingerprint density at radius 3 is 2.74 bits per heavy atom. The van der Waals surface area contributed by atoms with E-state index in [2.05, 4.69) is 10.3 Å². The third-order valence-corrected chi connectivity index (χ3v) is 3.92. The van der Waals surface area contributed by atoms with Gasteiger partial charge in [0.15, 0.2) is 5.13 Å². The first-order chi connectivity index (χ1) is 9.13. The van der Waals surface area contributed by atoms with E-state index in [0.29, 0.717) is 10.8 Å². The Hall–Kier alpha value is -1.94. The summed E-state index contributed by atoms with van der Waals surface area (Å²) < 4.78 is 14.9. The van der Waals surface area contributed by atoms with Crippen molar-refractivity contribution in [3.63, 3.8) is 0 Å². The maximum Gasteiger partial charge on any atom is 0.188 e. The molecule has 0 aliphatic carbocycles. The number of nitrogens with one attached hydrogen (secondary N) is 1. The quantitative estimate of drug-likeness (QED) is 0.725. The fourth-order valence-electron chi connectivity index (χ4n) is 1.98. The fraction of sp³-hybridized carbons (Fsp3) is 0.133. The molecule has 2 nitrogen and oxygen atoms in total. The molecule has 0 aliphatic rings. The normalized spacial score (nSPS) is 10.9. The van der Waals surface area contributed by atoms with Crippen LogP contribution >= 0.6 is 11.3 Å². The highest BCUT2D eigenvalue weighted by molar-refractivity contribution is 7.22. The first kappa shape index (κ1) is 12.1. The van der Waals surface area contributed by atoms with Crippen LogP contribution < -0.4 is 5.32 Å². The van der Waals surface area contributed by atoms with Gasteiger partial charge in [0.25, 0.3) is 0 Å². The molecular weight excluding hydrogens is 259 g/mol. The number of thiazole rings is 1. The Balaban J connectivity index is 1.99. The Labute approximate surface area is 114 Å². The van der Waals surface area contributed by atoms with Crippen LogP contribution in [0.25, 0.3) is 10.2 Å². The third-order valence-electron chi connectivity index (χ3n) is 2.99. The molecule has 3 rings (SSSR count). The molecule has 0 aliphatic heterocycles. The summed E-state index contributed by atoms with van der Waals surface area (Å²) in [5.74, 6) is -0.254. The second-order valence-electron chi connectivity index (χ2n) is 4.55. The second kappa shape index (κ2) is 4.63. The number of anilines is 2. The molecule has 0 amide bonds. The standard InChI is InChI=1S/C15H13FN2S/c1-9-6-7-12(11(16)8-9)17-15-18-14-10(2)4-3-5-13(14)19-15/h3-8H,1-2H3,(H,17,18). The van der Waals surface area contributed by atoms with E-state index < -0.39 is 0 Å². The highest BCUT2D eigenvalue weighted by atomic mass is 32.1. The molecule has 2 aromatic carbocycles. The third kappa shape index (κ3) is 2.31. The van der Waals surface area contributed by atoms with E-state index in [1.807, 2.05) is 38.1 Å². The highest BCUT2D eigenvalue weighted by Gasteiger charge is 2.08. The molecule has 0 atom stereocenters. The smallest absolute Gasteiger partial charge is 0.188 e. The first-order valence-electron chi connectivity index (χ1n) is 6.03. The van der Waals surface area contributed by atoms with Gasteiger partial charge in [-0.05, 0) is 43.2 Å². The predicted octanol–water partition coefficient (Wildman–Crippen LogP) is 4.80. The van der Waals surface area contributed by atoms with E-state index in [0.717, 1.165) is 21.3 Å². The molecule has 96 valence electrons. The van der Waals surface area contributed by atoms with E-state index in [1.54, 1.807) is 6.07 Å². The van der Waals surface area contributed by atoms with Crippen molar-refractivity contribution in [1.29, 1.82) is 0 Å². The molecule has 1 aromatic heterocycles. The van der Waals surface area contributed by atoms with Crippen molar-refractivity contribution < 1.29 is 4.39 Å². The highest BCUT2D eigenvalue weighted by Crippen LogP contribution is 2.30. The van der Waals surface area contributed by atoms with Gasteiger partial charge in [-0.3, -0.25) is 0 Å². The number of halogens is 1. The van der Waals surface area contributed by atoms with Gasteiger partial charge in [-0.1, -0.05) is 29.5 Å². The van der Waals surface area contributed by atoms with Gasteiger partial charge in [-0.2, -0.15) is 0 Å². The molecule has 1 heterocycles. The zero-order valence-corrected chi connectivity index (χ0v) is 11.5. The van der Waals surface area contributed by atoms with Crippen molar-refractivity contribution in [1.82, 2.24) is 4.98 Å². The molecule has 1 N–H and O–H groups in total. The topological polar surface area (TPSA) is 24.9 Å². The van der Waals surface area contributed by atoms with Crippen LogP contribution in [0.3, 0.4) is 0 Å². The Bertz CT molecular complexity index is 749. The van der Waals surface area contributed by atoms with Crippen molar-refractivity contribution in [2.45, 2.75) is 13.8 Å². The lowest BCUT2D eigenvalue weighted by Crippen LogP contribution is -1.93. The minimum atomic E-state index is -0.254. The minimum absolute atomic E-state index is 0.254. The van der Waals surface area contributed by atoms with E-state index in [-0.39, 0.29) is 5.82 Å². The van der Waals surface area contributed by atoms with Crippen LogP contribution in [0.2, 0.25) is 0 Å². The van der Waals surface area contributed by atoms with E-state index in [1.165, 1.54) is 17.4 Å². The van der Waals surface area contributed by atoms with Crippen molar-refractivity contribution >= 4 is 32.4 Å². The Kier molecular flexibility index (Phi) is 2.95. The van der Waals surface area contributed by atoms with Crippen LogP contribution in [0.4, 0.5) is 15.2 Å². The Morgan fingerprint density at radius 1 is 1.16 bits per heavy atom. The van der Waals surface area contributed by atoms with Gasteiger partial charge in [0.1, 0.15) is 5.82 Å². The van der Waals surface area contributed by atoms with Gasteiger partial charge in [0.05, 0.1) is 15.9 Å². The van der Waals surface area contributed by atoms with Gasteiger partial charge < -0.3 is 5.32 Å². The van der Waals surface area contributed by atoms with Gasteiger partial charge in [-0.25, -0.2) is 9.37 Å². The van der Waals surface area contributed by atoms with Gasteiger partial charge in [0, 0.05) is 0 Å². The molecule has 0 saturated carbocycles. The lowest BCUT2D eigenvalue weighted by molar-refractivity contribution is 0.630. The van der Waals surface area contributed by atoms with E-state index in [9.17, 15) is 4.39 Å². The summed E-state index contributed by atoms with van der Waals surface area (Å²) >= 11 is 1.53. The van der Waals surface area contributed by atoms with E-state index >= 15 is 0 Å². The molecule has 0 saturated heterocycles. The number of nitrogens with zero attached hydrogens (tertiary/aromatic N) is 1. The summed E-state index contributed by atoms with van der Waals surface area (Å²) in [5.41, 5.74) is 3.47. The number of benzene rings is 2. The van der Waals surface area contributed by atoms with Crippen LogP contribution in [-0.2, 0) is 0 Å². The molecule has 0 fully saturated rings. The number of fused-ring (bicyclic) bond motifs is 1. The number of rotatable bonds is 2. The number of para-hydroxylation sites is 1. The molecule has 4 heteroatoms. The van der Waals surface area contributed by atoms with Crippen LogP contribution in [0, 0.1) is 19.7 Å².